The standard InChI is InChI=1S/C15H20N2O3/c1-2-10-3-6-12(7-4-10)16-15(20)17-13-8-5-11(9-13)14(18)19/h3-4,6-7,11,13H,2,5,8-9H2,1H3,(H,18,19)(H2,16,17,20)/t11-,13+/m1/s1. The van der Waals surface area contributed by atoms with E-state index >= 15 is 0 Å². The molecule has 2 amide bonds. The molecule has 1 saturated carbocycles. The summed E-state index contributed by atoms with van der Waals surface area (Å²) in [5, 5.41) is 14.5. The number of amides is 2. The van der Waals surface area contributed by atoms with E-state index in [0.717, 1.165) is 18.5 Å². The second-order valence-electron chi connectivity index (χ2n) is 5.19. The summed E-state index contributed by atoms with van der Waals surface area (Å²) in [6.07, 6.45) is 2.83. The number of hydrogen-bond donors (Lipinski definition) is 3. The zero-order valence-corrected chi connectivity index (χ0v) is 11.6. The molecule has 0 spiro atoms. The lowest BCUT2D eigenvalue weighted by atomic mass is 10.1. The number of aliphatic carboxylic acids is 1. The summed E-state index contributed by atoms with van der Waals surface area (Å²) in [6.45, 7) is 2.08. The van der Waals surface area contributed by atoms with Crippen LogP contribution in [0.3, 0.4) is 0 Å². The maximum atomic E-state index is 11.8. The Balaban J connectivity index is 1.82. The molecule has 0 saturated heterocycles. The first-order chi connectivity index (χ1) is 9.58. The van der Waals surface area contributed by atoms with Crippen molar-refractivity contribution in [3.63, 3.8) is 0 Å². The van der Waals surface area contributed by atoms with Gasteiger partial charge in [-0.2, -0.15) is 0 Å². The summed E-state index contributed by atoms with van der Waals surface area (Å²) in [4.78, 5) is 22.7. The first kappa shape index (κ1) is 14.4. The molecule has 0 radical (unpaired) electrons. The number of carboxylic acids is 1. The van der Waals surface area contributed by atoms with Crippen LogP contribution in [0.2, 0.25) is 0 Å². The molecule has 1 aromatic carbocycles. The predicted molar refractivity (Wildman–Crippen MR) is 76.7 cm³/mol. The maximum Gasteiger partial charge on any atom is 0.319 e. The van der Waals surface area contributed by atoms with Gasteiger partial charge < -0.3 is 15.7 Å². The zero-order valence-electron chi connectivity index (χ0n) is 11.6. The smallest absolute Gasteiger partial charge is 0.319 e. The Morgan fingerprint density at radius 1 is 1.25 bits per heavy atom. The van der Waals surface area contributed by atoms with Crippen LogP contribution in [0, 0.1) is 5.92 Å². The van der Waals surface area contributed by atoms with Crippen LogP contribution in [0.4, 0.5) is 10.5 Å². The van der Waals surface area contributed by atoms with E-state index < -0.39 is 5.97 Å². The molecule has 0 bridgehead atoms. The number of urea groups is 1. The highest BCUT2D eigenvalue weighted by atomic mass is 16.4. The van der Waals surface area contributed by atoms with Gasteiger partial charge in [0.15, 0.2) is 0 Å². The average molecular weight is 276 g/mol. The molecule has 2 rings (SSSR count). The van der Waals surface area contributed by atoms with Crippen molar-refractivity contribution in [2.45, 2.75) is 38.6 Å². The Bertz CT molecular complexity index is 484. The van der Waals surface area contributed by atoms with E-state index in [1.165, 1.54) is 5.56 Å². The minimum Gasteiger partial charge on any atom is -0.481 e. The van der Waals surface area contributed by atoms with E-state index in [-0.39, 0.29) is 18.0 Å². The molecule has 0 heterocycles. The molecule has 0 aromatic heterocycles. The number of anilines is 1. The van der Waals surface area contributed by atoms with Crippen molar-refractivity contribution in [3.05, 3.63) is 29.8 Å². The van der Waals surface area contributed by atoms with Crippen LogP contribution in [0.25, 0.3) is 0 Å². The molecule has 5 nitrogen and oxygen atoms in total. The number of nitrogens with one attached hydrogen (secondary N) is 2. The molecule has 2 atom stereocenters. The van der Waals surface area contributed by atoms with Crippen LogP contribution in [0.15, 0.2) is 24.3 Å². The second kappa shape index (κ2) is 6.41. The fraction of sp³-hybridized carbons (Fsp3) is 0.467. The Morgan fingerprint density at radius 3 is 2.50 bits per heavy atom. The van der Waals surface area contributed by atoms with Crippen molar-refractivity contribution in [1.29, 1.82) is 0 Å². The molecule has 0 aliphatic heterocycles. The number of aryl methyl sites for hydroxylation is 1. The van der Waals surface area contributed by atoms with Gasteiger partial charge in [-0.25, -0.2) is 4.79 Å². The molecule has 1 aliphatic rings. The highest BCUT2D eigenvalue weighted by molar-refractivity contribution is 5.89. The molecule has 1 fully saturated rings. The summed E-state index contributed by atoms with van der Waals surface area (Å²) in [6, 6.07) is 7.37. The summed E-state index contributed by atoms with van der Waals surface area (Å²) in [5.41, 5.74) is 1.96. The normalized spacial score (nSPS) is 21.4. The molecule has 0 unspecified atom stereocenters. The van der Waals surface area contributed by atoms with Crippen LogP contribution >= 0.6 is 0 Å². The number of carboxylic acid groups (broad SMARTS) is 1. The molecule has 108 valence electrons. The van der Waals surface area contributed by atoms with Crippen molar-refractivity contribution >= 4 is 17.7 Å². The Hall–Kier alpha value is -2.04. The Labute approximate surface area is 118 Å². The average Bonchev–Trinajstić information content (AvgIpc) is 2.88. The molecule has 1 aliphatic carbocycles. The molecular weight excluding hydrogens is 256 g/mol. The molecule has 3 N–H and O–H groups in total. The zero-order chi connectivity index (χ0) is 14.5. The Kier molecular flexibility index (Phi) is 4.61. The van der Waals surface area contributed by atoms with Gasteiger partial charge in [0, 0.05) is 11.7 Å². The van der Waals surface area contributed by atoms with E-state index in [1.807, 2.05) is 24.3 Å². The van der Waals surface area contributed by atoms with E-state index in [9.17, 15) is 9.59 Å². The van der Waals surface area contributed by atoms with Gasteiger partial charge >= 0.3 is 12.0 Å². The fourth-order valence-corrected chi connectivity index (χ4v) is 2.51. The lowest BCUT2D eigenvalue weighted by Gasteiger charge is -2.13. The summed E-state index contributed by atoms with van der Waals surface area (Å²) < 4.78 is 0. The van der Waals surface area contributed by atoms with Crippen LogP contribution < -0.4 is 10.6 Å². The molecule has 20 heavy (non-hydrogen) atoms. The third-order valence-electron chi connectivity index (χ3n) is 3.74. The highest BCUT2D eigenvalue weighted by Gasteiger charge is 2.30. The minimum absolute atomic E-state index is 0.0500. The molecule has 5 heteroatoms. The first-order valence-corrected chi connectivity index (χ1v) is 6.97. The van der Waals surface area contributed by atoms with Gasteiger partial charge in [-0.05, 0) is 43.4 Å². The van der Waals surface area contributed by atoms with E-state index in [0.29, 0.717) is 12.8 Å². The number of benzene rings is 1. The van der Waals surface area contributed by atoms with Crippen LogP contribution in [0.5, 0.6) is 0 Å². The van der Waals surface area contributed by atoms with Gasteiger partial charge in [0.1, 0.15) is 0 Å². The lowest BCUT2D eigenvalue weighted by Crippen LogP contribution is -2.36. The van der Waals surface area contributed by atoms with E-state index in [1.54, 1.807) is 0 Å². The minimum atomic E-state index is -0.773. The first-order valence-electron chi connectivity index (χ1n) is 6.97. The Morgan fingerprint density at radius 2 is 1.95 bits per heavy atom. The van der Waals surface area contributed by atoms with Crippen LogP contribution in [0.1, 0.15) is 31.7 Å². The third kappa shape index (κ3) is 3.73. The van der Waals surface area contributed by atoms with Gasteiger partial charge in [0.25, 0.3) is 0 Å². The molecular formula is C15H20N2O3. The van der Waals surface area contributed by atoms with Gasteiger partial charge in [0.2, 0.25) is 0 Å². The van der Waals surface area contributed by atoms with Crippen molar-refractivity contribution in [1.82, 2.24) is 5.32 Å². The topological polar surface area (TPSA) is 78.4 Å². The second-order valence-corrected chi connectivity index (χ2v) is 5.19. The number of rotatable bonds is 4. The van der Waals surface area contributed by atoms with Crippen molar-refractivity contribution in [2.24, 2.45) is 5.92 Å². The third-order valence-corrected chi connectivity index (χ3v) is 3.74. The van der Waals surface area contributed by atoms with Gasteiger partial charge in [0.05, 0.1) is 5.92 Å². The van der Waals surface area contributed by atoms with Gasteiger partial charge in [-0.15, -0.1) is 0 Å². The quantitative estimate of drug-likeness (QED) is 0.791. The largest absolute Gasteiger partial charge is 0.481 e. The van der Waals surface area contributed by atoms with Crippen molar-refractivity contribution in [3.8, 4) is 0 Å². The van der Waals surface area contributed by atoms with E-state index in [2.05, 4.69) is 17.6 Å². The fourth-order valence-electron chi connectivity index (χ4n) is 2.51. The number of carbonyl (C=O) groups is 2. The van der Waals surface area contributed by atoms with Gasteiger partial charge in [-0.3, -0.25) is 4.79 Å². The summed E-state index contributed by atoms with van der Waals surface area (Å²) in [7, 11) is 0. The van der Waals surface area contributed by atoms with Crippen LogP contribution in [-0.2, 0) is 11.2 Å². The van der Waals surface area contributed by atoms with Crippen molar-refractivity contribution in [2.75, 3.05) is 5.32 Å². The predicted octanol–water partition coefficient (Wildman–Crippen LogP) is 2.62. The number of hydrogen-bond acceptors (Lipinski definition) is 2. The molecule has 1 aromatic rings. The summed E-state index contributed by atoms with van der Waals surface area (Å²) >= 11 is 0. The van der Waals surface area contributed by atoms with E-state index in [4.69, 9.17) is 5.11 Å². The SMILES string of the molecule is CCc1ccc(NC(=O)N[C@H]2CC[C@@H](C(=O)O)C2)cc1. The summed E-state index contributed by atoms with van der Waals surface area (Å²) in [5.74, 6) is -1.10. The van der Waals surface area contributed by atoms with Gasteiger partial charge in [-0.1, -0.05) is 19.1 Å². The monoisotopic (exact) mass is 276 g/mol. The van der Waals surface area contributed by atoms with Crippen LogP contribution in [-0.4, -0.2) is 23.1 Å². The highest BCUT2D eigenvalue weighted by Crippen LogP contribution is 2.25. The van der Waals surface area contributed by atoms with Crippen molar-refractivity contribution < 1.29 is 14.7 Å². The maximum absolute atomic E-state index is 11.8. The number of carbonyl (C=O) groups excluding carboxylic acids is 1. The lowest BCUT2D eigenvalue weighted by molar-refractivity contribution is -0.141.